The van der Waals surface area contributed by atoms with Gasteiger partial charge in [0.1, 0.15) is 5.75 Å². The number of hydrogen-bond donors (Lipinski definition) is 1. The van der Waals surface area contributed by atoms with Gasteiger partial charge in [-0.15, -0.1) is 11.3 Å². The number of nitrogens with one attached hydrogen (secondary N) is 1. The van der Waals surface area contributed by atoms with Gasteiger partial charge >= 0.3 is 0 Å². The molecule has 1 heterocycles. The van der Waals surface area contributed by atoms with Crippen molar-refractivity contribution < 1.29 is 9.53 Å². The monoisotopic (exact) mass is 366 g/mol. The highest BCUT2D eigenvalue weighted by Gasteiger charge is 2.03. The van der Waals surface area contributed by atoms with Gasteiger partial charge in [0.2, 0.25) is 5.91 Å². The molecular formula is C21H22N2O2S. The van der Waals surface area contributed by atoms with E-state index in [1.165, 1.54) is 4.70 Å². The molecule has 0 saturated carbocycles. The number of thiazole rings is 1. The van der Waals surface area contributed by atoms with Crippen LogP contribution >= 0.6 is 11.3 Å². The third-order valence-electron chi connectivity index (χ3n) is 3.82. The van der Waals surface area contributed by atoms with Gasteiger partial charge in [-0.05, 0) is 49.2 Å². The minimum Gasteiger partial charge on any atom is -0.494 e. The summed E-state index contributed by atoms with van der Waals surface area (Å²) in [6.07, 6.45) is 5.12. The minimum atomic E-state index is -0.0804. The van der Waals surface area contributed by atoms with Crippen molar-refractivity contribution in [2.24, 2.45) is 0 Å². The topological polar surface area (TPSA) is 51.2 Å². The standard InChI is InChI=1S/C21H22N2O2S/c1-2-25-17-12-9-16(10-13-17)11-14-20(24)22-15-5-8-21-23-18-6-3-4-7-19(18)26-21/h3-4,6-7,9-14H,2,5,8,15H2,1H3,(H,22,24)/b14-11+. The lowest BCUT2D eigenvalue weighted by Crippen LogP contribution is -2.22. The van der Waals surface area contributed by atoms with Crippen LogP contribution in [0.5, 0.6) is 5.75 Å². The summed E-state index contributed by atoms with van der Waals surface area (Å²) in [7, 11) is 0. The SMILES string of the molecule is CCOc1ccc(/C=C/C(=O)NCCCc2nc3ccccc3s2)cc1. The maximum Gasteiger partial charge on any atom is 0.243 e. The highest BCUT2D eigenvalue weighted by molar-refractivity contribution is 7.18. The summed E-state index contributed by atoms with van der Waals surface area (Å²) in [6, 6.07) is 15.8. The lowest BCUT2D eigenvalue weighted by atomic mass is 10.2. The zero-order chi connectivity index (χ0) is 18.2. The molecule has 134 valence electrons. The molecule has 0 aliphatic heterocycles. The van der Waals surface area contributed by atoms with E-state index in [0.717, 1.165) is 34.7 Å². The van der Waals surface area contributed by atoms with Gasteiger partial charge < -0.3 is 10.1 Å². The van der Waals surface area contributed by atoms with Crippen molar-refractivity contribution in [3.8, 4) is 5.75 Å². The first-order chi connectivity index (χ1) is 12.7. The number of carbonyl (C=O) groups excluding carboxylic acids is 1. The van der Waals surface area contributed by atoms with E-state index in [-0.39, 0.29) is 5.91 Å². The predicted molar refractivity (Wildman–Crippen MR) is 108 cm³/mol. The Balaban J connectivity index is 1.40. The fraction of sp³-hybridized carbons (Fsp3) is 0.238. The highest BCUT2D eigenvalue weighted by Crippen LogP contribution is 2.22. The first-order valence-electron chi connectivity index (χ1n) is 8.78. The normalized spacial score (nSPS) is 11.1. The summed E-state index contributed by atoms with van der Waals surface area (Å²) in [4.78, 5) is 16.5. The van der Waals surface area contributed by atoms with Crippen LogP contribution in [0.4, 0.5) is 0 Å². The number of benzene rings is 2. The molecule has 2 aromatic carbocycles. The Bertz CT molecular complexity index is 851. The largest absolute Gasteiger partial charge is 0.494 e. The number of rotatable bonds is 8. The van der Waals surface area contributed by atoms with Crippen molar-refractivity contribution >= 4 is 33.5 Å². The van der Waals surface area contributed by atoms with Crippen LogP contribution in [0.3, 0.4) is 0 Å². The van der Waals surface area contributed by atoms with Crippen molar-refractivity contribution in [3.63, 3.8) is 0 Å². The predicted octanol–water partition coefficient (Wildman–Crippen LogP) is 4.46. The summed E-state index contributed by atoms with van der Waals surface area (Å²) in [5.41, 5.74) is 2.02. The van der Waals surface area contributed by atoms with Crippen LogP contribution < -0.4 is 10.1 Å². The maximum atomic E-state index is 11.9. The summed E-state index contributed by atoms with van der Waals surface area (Å²) >= 11 is 1.72. The van der Waals surface area contributed by atoms with Crippen molar-refractivity contribution in [1.82, 2.24) is 10.3 Å². The van der Waals surface area contributed by atoms with Crippen LogP contribution in [0.25, 0.3) is 16.3 Å². The van der Waals surface area contributed by atoms with E-state index in [2.05, 4.69) is 16.4 Å². The van der Waals surface area contributed by atoms with Gasteiger partial charge in [0, 0.05) is 19.0 Å². The molecule has 0 atom stereocenters. The Labute approximate surface area is 157 Å². The van der Waals surface area contributed by atoms with E-state index in [1.807, 2.05) is 49.4 Å². The Morgan fingerprint density at radius 1 is 1.19 bits per heavy atom. The molecule has 1 aromatic heterocycles. The number of ether oxygens (including phenoxy) is 1. The number of fused-ring (bicyclic) bond motifs is 1. The second-order valence-corrected chi connectivity index (χ2v) is 6.92. The summed E-state index contributed by atoms with van der Waals surface area (Å²) in [6.45, 7) is 3.24. The van der Waals surface area contributed by atoms with Crippen LogP contribution in [-0.2, 0) is 11.2 Å². The van der Waals surface area contributed by atoms with Crippen LogP contribution in [0.15, 0.2) is 54.6 Å². The number of amides is 1. The molecular weight excluding hydrogens is 344 g/mol. The molecule has 0 saturated heterocycles. The molecule has 0 spiro atoms. The summed E-state index contributed by atoms with van der Waals surface area (Å²) in [5.74, 6) is 0.757. The lowest BCUT2D eigenvalue weighted by molar-refractivity contribution is -0.116. The van der Waals surface area contributed by atoms with Crippen LogP contribution in [0, 0.1) is 0 Å². The quantitative estimate of drug-likeness (QED) is 0.473. The smallest absolute Gasteiger partial charge is 0.243 e. The van der Waals surface area contributed by atoms with E-state index >= 15 is 0 Å². The number of hydrogen-bond acceptors (Lipinski definition) is 4. The maximum absolute atomic E-state index is 11.9. The molecule has 1 amide bonds. The Morgan fingerprint density at radius 3 is 2.77 bits per heavy atom. The van der Waals surface area contributed by atoms with E-state index < -0.39 is 0 Å². The Morgan fingerprint density at radius 2 is 2.00 bits per heavy atom. The number of aromatic nitrogens is 1. The van der Waals surface area contributed by atoms with Crippen LogP contribution in [0.2, 0.25) is 0 Å². The molecule has 26 heavy (non-hydrogen) atoms. The van der Waals surface area contributed by atoms with E-state index in [0.29, 0.717) is 13.2 Å². The molecule has 0 bridgehead atoms. The number of nitrogens with zero attached hydrogens (tertiary/aromatic N) is 1. The molecule has 3 aromatic rings. The van der Waals surface area contributed by atoms with Gasteiger partial charge in [-0.2, -0.15) is 0 Å². The van der Waals surface area contributed by atoms with Crippen molar-refractivity contribution in [2.75, 3.05) is 13.2 Å². The zero-order valence-corrected chi connectivity index (χ0v) is 15.6. The van der Waals surface area contributed by atoms with E-state index in [9.17, 15) is 4.79 Å². The van der Waals surface area contributed by atoms with Crippen LogP contribution in [-0.4, -0.2) is 24.0 Å². The molecule has 0 unspecified atom stereocenters. The van der Waals surface area contributed by atoms with Gasteiger partial charge in [-0.3, -0.25) is 4.79 Å². The molecule has 3 rings (SSSR count). The first kappa shape index (κ1) is 18.1. The van der Waals surface area contributed by atoms with Gasteiger partial charge in [-0.1, -0.05) is 24.3 Å². The fourth-order valence-electron chi connectivity index (χ4n) is 2.55. The molecule has 0 radical (unpaired) electrons. The fourth-order valence-corrected chi connectivity index (χ4v) is 3.56. The number of aryl methyl sites for hydroxylation is 1. The summed E-state index contributed by atoms with van der Waals surface area (Å²) in [5, 5.41) is 4.03. The average molecular weight is 366 g/mol. The molecule has 1 N–H and O–H groups in total. The molecule has 5 heteroatoms. The van der Waals surface area contributed by atoms with Crippen molar-refractivity contribution in [3.05, 3.63) is 65.2 Å². The minimum absolute atomic E-state index is 0.0804. The third kappa shape index (κ3) is 5.17. The first-order valence-corrected chi connectivity index (χ1v) is 9.59. The Kier molecular flexibility index (Phi) is 6.39. The lowest BCUT2D eigenvalue weighted by Gasteiger charge is -2.02. The molecule has 0 fully saturated rings. The van der Waals surface area contributed by atoms with Crippen molar-refractivity contribution in [2.45, 2.75) is 19.8 Å². The zero-order valence-electron chi connectivity index (χ0n) is 14.8. The van der Waals surface area contributed by atoms with Gasteiger partial charge in [-0.25, -0.2) is 4.98 Å². The van der Waals surface area contributed by atoms with E-state index in [1.54, 1.807) is 23.5 Å². The molecule has 0 aliphatic rings. The Hall–Kier alpha value is -2.66. The van der Waals surface area contributed by atoms with Gasteiger partial charge in [0.05, 0.1) is 21.8 Å². The molecule has 0 aliphatic carbocycles. The van der Waals surface area contributed by atoms with Gasteiger partial charge in [0.15, 0.2) is 0 Å². The third-order valence-corrected chi connectivity index (χ3v) is 4.92. The van der Waals surface area contributed by atoms with Gasteiger partial charge in [0.25, 0.3) is 0 Å². The molecule has 4 nitrogen and oxygen atoms in total. The number of para-hydroxylation sites is 1. The van der Waals surface area contributed by atoms with Crippen molar-refractivity contribution in [1.29, 1.82) is 0 Å². The van der Waals surface area contributed by atoms with E-state index in [4.69, 9.17) is 4.74 Å². The second-order valence-electron chi connectivity index (χ2n) is 5.81. The second kappa shape index (κ2) is 9.15. The highest BCUT2D eigenvalue weighted by atomic mass is 32.1. The average Bonchev–Trinajstić information content (AvgIpc) is 3.08. The number of carbonyl (C=O) groups is 1. The summed E-state index contributed by atoms with van der Waals surface area (Å²) < 4.78 is 6.61. The van der Waals surface area contributed by atoms with Crippen LogP contribution in [0.1, 0.15) is 23.9 Å².